The fraction of sp³-hybridized carbons (Fsp3) is 0.516. The van der Waals surface area contributed by atoms with Gasteiger partial charge in [-0.2, -0.15) is 5.26 Å². The van der Waals surface area contributed by atoms with E-state index in [1.165, 1.54) is 19.2 Å². The lowest BCUT2D eigenvalue weighted by molar-refractivity contribution is -0.726. The van der Waals surface area contributed by atoms with Crippen molar-refractivity contribution < 1.29 is 28.1 Å². The van der Waals surface area contributed by atoms with E-state index in [0.29, 0.717) is 24.4 Å². The molecule has 2 amide bonds. The van der Waals surface area contributed by atoms with Crippen molar-refractivity contribution in [3.8, 4) is 17.2 Å². The van der Waals surface area contributed by atoms with E-state index < -0.39 is 35.6 Å². The van der Waals surface area contributed by atoms with Crippen LogP contribution in [0.3, 0.4) is 0 Å². The molecule has 0 radical (unpaired) electrons. The quantitative estimate of drug-likeness (QED) is 0.366. The first kappa shape index (κ1) is 28.2. The minimum absolute atomic E-state index is 0.0388. The van der Waals surface area contributed by atoms with Gasteiger partial charge in [-0.1, -0.05) is 48.5 Å². The summed E-state index contributed by atoms with van der Waals surface area (Å²) in [4.78, 5) is 25.2. The number of carbonyl (C=O) groups is 2. The van der Waals surface area contributed by atoms with Gasteiger partial charge in [0, 0.05) is 23.9 Å². The highest BCUT2D eigenvalue weighted by molar-refractivity contribution is 5.83. The average Bonchev–Trinajstić information content (AvgIpc) is 3.78. The SMILES string of the molecule is CC(C)(F)C[C@H]([NH2+][C@@H](c1ccc(-c2ccc([C@@H]3C[C@H]3C(=O)NC3CC3)cc2)cc1)C(F)F)C(=O)NC1(C#N)CC1. The molecule has 4 atom stereocenters. The molecule has 2 aromatic rings. The number of amides is 2. The molecular weight excluding hydrogens is 517 g/mol. The Kier molecular flexibility index (Phi) is 7.66. The van der Waals surface area contributed by atoms with Gasteiger partial charge in [-0.15, -0.1) is 0 Å². The van der Waals surface area contributed by atoms with Crippen molar-refractivity contribution in [3.63, 3.8) is 0 Å². The zero-order chi connectivity index (χ0) is 28.7. The lowest BCUT2D eigenvalue weighted by Crippen LogP contribution is -2.95. The molecule has 3 saturated carbocycles. The molecule has 3 aliphatic rings. The second-order valence-corrected chi connectivity index (χ2v) is 12.2. The predicted molar refractivity (Wildman–Crippen MR) is 144 cm³/mol. The lowest BCUT2D eigenvalue weighted by Gasteiger charge is -2.26. The number of halogens is 3. The van der Waals surface area contributed by atoms with Crippen molar-refractivity contribution in [2.75, 3.05) is 0 Å². The van der Waals surface area contributed by atoms with Gasteiger partial charge in [0.1, 0.15) is 11.2 Å². The van der Waals surface area contributed by atoms with Gasteiger partial charge in [-0.25, -0.2) is 13.2 Å². The molecular formula is C31H36F3N4O2+. The maximum absolute atomic E-state index is 14.5. The van der Waals surface area contributed by atoms with Crippen molar-refractivity contribution in [2.24, 2.45) is 5.92 Å². The van der Waals surface area contributed by atoms with Crippen molar-refractivity contribution >= 4 is 11.8 Å². The van der Waals surface area contributed by atoms with Gasteiger partial charge in [-0.3, -0.25) is 9.59 Å². The van der Waals surface area contributed by atoms with Gasteiger partial charge in [0.2, 0.25) is 5.91 Å². The van der Waals surface area contributed by atoms with Crippen LogP contribution in [-0.2, 0) is 9.59 Å². The number of alkyl halides is 3. The van der Waals surface area contributed by atoms with Crippen LogP contribution in [-0.4, -0.2) is 41.5 Å². The Hall–Kier alpha value is -3.38. The molecule has 6 nitrogen and oxygen atoms in total. The van der Waals surface area contributed by atoms with Crippen molar-refractivity contribution in [3.05, 3.63) is 59.7 Å². The minimum Gasteiger partial charge on any atom is -0.353 e. The first-order valence-corrected chi connectivity index (χ1v) is 14.0. The number of hydrogen-bond acceptors (Lipinski definition) is 3. The fourth-order valence-corrected chi connectivity index (χ4v) is 5.29. The second kappa shape index (κ2) is 10.9. The normalized spacial score (nSPS) is 22.6. The first-order valence-electron chi connectivity index (χ1n) is 14.0. The van der Waals surface area contributed by atoms with Crippen molar-refractivity contribution in [1.82, 2.24) is 10.6 Å². The monoisotopic (exact) mass is 553 g/mol. The highest BCUT2D eigenvalue weighted by atomic mass is 19.3. The summed E-state index contributed by atoms with van der Waals surface area (Å²) in [6, 6.07) is 14.7. The van der Waals surface area contributed by atoms with Gasteiger partial charge < -0.3 is 16.0 Å². The number of rotatable bonds is 12. The molecule has 0 spiro atoms. The van der Waals surface area contributed by atoms with Crippen LogP contribution in [0.5, 0.6) is 0 Å². The van der Waals surface area contributed by atoms with E-state index in [1.807, 2.05) is 24.3 Å². The van der Waals surface area contributed by atoms with E-state index in [1.54, 1.807) is 24.3 Å². The number of nitrogens with zero attached hydrogens (tertiary/aromatic N) is 1. The van der Waals surface area contributed by atoms with Crippen LogP contribution in [0.4, 0.5) is 13.2 Å². The molecule has 2 aromatic carbocycles. The van der Waals surface area contributed by atoms with E-state index in [-0.39, 0.29) is 24.2 Å². The zero-order valence-corrected chi connectivity index (χ0v) is 22.8. The summed E-state index contributed by atoms with van der Waals surface area (Å²) < 4.78 is 43.0. The Labute approximate surface area is 232 Å². The van der Waals surface area contributed by atoms with Gasteiger partial charge >= 0.3 is 0 Å². The molecule has 5 rings (SSSR count). The highest BCUT2D eigenvalue weighted by Crippen LogP contribution is 2.48. The molecule has 3 fully saturated rings. The van der Waals surface area contributed by atoms with Crippen LogP contribution in [0.1, 0.15) is 75.5 Å². The Bertz CT molecular complexity index is 1280. The number of quaternary nitrogens is 1. The van der Waals surface area contributed by atoms with Crippen LogP contribution in [0, 0.1) is 17.2 Å². The summed E-state index contributed by atoms with van der Waals surface area (Å²) in [6.07, 6.45) is 0.935. The third kappa shape index (κ3) is 6.84. The van der Waals surface area contributed by atoms with Crippen molar-refractivity contribution in [1.29, 1.82) is 5.26 Å². The molecule has 0 aliphatic heterocycles. The largest absolute Gasteiger partial charge is 0.353 e. The summed E-state index contributed by atoms with van der Waals surface area (Å²) in [6.45, 7) is 2.62. The topological polar surface area (TPSA) is 98.6 Å². The number of nitrogens with one attached hydrogen (secondary N) is 2. The Morgan fingerprint density at radius 1 is 1.07 bits per heavy atom. The van der Waals surface area contributed by atoms with Crippen LogP contribution < -0.4 is 16.0 Å². The Morgan fingerprint density at radius 2 is 1.68 bits per heavy atom. The summed E-state index contributed by atoms with van der Waals surface area (Å²) in [5.41, 5.74) is 0.500. The Balaban J connectivity index is 1.25. The molecule has 9 heteroatoms. The van der Waals surface area contributed by atoms with Gasteiger partial charge in [0.05, 0.1) is 6.07 Å². The summed E-state index contributed by atoms with van der Waals surface area (Å²) in [7, 11) is 0. The molecule has 0 bridgehead atoms. The van der Waals surface area contributed by atoms with Gasteiger partial charge in [0.25, 0.3) is 12.3 Å². The van der Waals surface area contributed by atoms with E-state index in [4.69, 9.17) is 0 Å². The van der Waals surface area contributed by atoms with Gasteiger partial charge in [-0.05, 0) is 68.6 Å². The van der Waals surface area contributed by atoms with Crippen LogP contribution in [0.25, 0.3) is 11.1 Å². The Morgan fingerprint density at radius 3 is 2.17 bits per heavy atom. The third-order valence-corrected chi connectivity index (χ3v) is 8.10. The minimum atomic E-state index is -2.79. The van der Waals surface area contributed by atoms with Crippen molar-refractivity contribution in [2.45, 2.75) is 94.0 Å². The summed E-state index contributed by atoms with van der Waals surface area (Å²) in [5, 5.41) is 16.2. The van der Waals surface area contributed by atoms with E-state index in [9.17, 15) is 28.0 Å². The summed E-state index contributed by atoms with van der Waals surface area (Å²) >= 11 is 0. The van der Waals surface area contributed by atoms with E-state index in [0.717, 1.165) is 36.0 Å². The molecule has 0 unspecified atom stereocenters. The number of hydrogen-bond donors (Lipinski definition) is 3. The standard InChI is InChI=1S/C31H35F3N4O2/c1-30(2,34)16-25(29(40)38-31(17-35)13-14-31)37-26(27(32)33)21-9-5-19(6-10-21)18-3-7-20(8-4-18)23-15-24(23)28(39)36-22-11-12-22/h3-10,22-27,37H,11-16H2,1-2H3,(H,36,39)(H,38,40)/p+1/t23-,24+,25-,26-/m0/s1. The van der Waals surface area contributed by atoms with Crippen LogP contribution in [0.15, 0.2) is 48.5 Å². The molecule has 4 N–H and O–H groups in total. The molecule has 0 heterocycles. The van der Waals surface area contributed by atoms with Crippen LogP contribution in [0.2, 0.25) is 0 Å². The maximum atomic E-state index is 14.5. The zero-order valence-electron chi connectivity index (χ0n) is 22.8. The molecule has 0 saturated heterocycles. The lowest BCUT2D eigenvalue weighted by atomic mass is 9.96. The van der Waals surface area contributed by atoms with E-state index >= 15 is 0 Å². The number of nitrogens with two attached hydrogens (primary N) is 1. The number of carbonyl (C=O) groups excluding carboxylic acids is 2. The average molecular weight is 554 g/mol. The molecule has 40 heavy (non-hydrogen) atoms. The van der Waals surface area contributed by atoms with Gasteiger partial charge in [0.15, 0.2) is 12.1 Å². The number of nitriles is 1. The fourth-order valence-electron chi connectivity index (χ4n) is 5.29. The second-order valence-electron chi connectivity index (χ2n) is 12.2. The highest BCUT2D eigenvalue weighted by Gasteiger charge is 2.48. The predicted octanol–water partition coefficient (Wildman–Crippen LogP) is 4.28. The molecule has 3 aliphatic carbocycles. The molecule has 0 aromatic heterocycles. The summed E-state index contributed by atoms with van der Waals surface area (Å²) in [5.74, 6) is -0.184. The first-order chi connectivity index (χ1) is 19.0. The smallest absolute Gasteiger partial charge is 0.293 e. The van der Waals surface area contributed by atoms with Crippen LogP contribution >= 0.6 is 0 Å². The number of benzene rings is 2. The maximum Gasteiger partial charge on any atom is 0.293 e. The van der Waals surface area contributed by atoms with E-state index in [2.05, 4.69) is 16.7 Å². The third-order valence-electron chi connectivity index (χ3n) is 8.10. The molecule has 212 valence electrons.